The summed E-state index contributed by atoms with van der Waals surface area (Å²) in [6.07, 6.45) is 33.5. The second-order valence-electron chi connectivity index (χ2n) is 9.43. The van der Waals surface area contributed by atoms with Crippen LogP contribution in [-0.2, 0) is 0 Å². The van der Waals surface area contributed by atoms with Gasteiger partial charge in [0, 0.05) is 5.25 Å². The second-order valence-corrected chi connectivity index (χ2v) is 10.8. The van der Waals surface area contributed by atoms with Gasteiger partial charge in [-0.3, -0.25) is 0 Å². The number of rotatable bonds is 25. The molecule has 0 heterocycles. The van der Waals surface area contributed by atoms with E-state index >= 15 is 0 Å². The third-order valence-corrected chi connectivity index (χ3v) is 7.83. The van der Waals surface area contributed by atoms with Crippen LogP contribution in [0.3, 0.4) is 0 Å². The number of unbranched alkanes of at least 4 members (excludes halogenated alkanes) is 18. The van der Waals surface area contributed by atoms with E-state index in [1.807, 2.05) is 0 Å². The van der Waals surface area contributed by atoms with Gasteiger partial charge in [0.05, 0.1) is 0 Å². The van der Waals surface area contributed by atoms with Crippen molar-refractivity contribution >= 4 is 11.8 Å². The average molecular weight is 427 g/mol. The molecule has 0 rings (SSSR count). The van der Waals surface area contributed by atoms with Crippen molar-refractivity contribution in [2.45, 2.75) is 174 Å². The normalized spacial score (nSPS) is 12.5. The lowest BCUT2D eigenvalue weighted by Crippen LogP contribution is -2.04. The molecule has 0 fully saturated rings. The van der Waals surface area contributed by atoms with E-state index < -0.39 is 0 Å². The van der Waals surface area contributed by atoms with Crippen LogP contribution in [0.2, 0.25) is 0 Å². The largest absolute Gasteiger partial charge is 0.159 e. The Balaban J connectivity index is 3.80. The maximum Gasteiger partial charge on any atom is 0.00470 e. The Morgan fingerprint density at radius 2 is 0.690 bits per heavy atom. The summed E-state index contributed by atoms with van der Waals surface area (Å²) >= 11 is 2.33. The summed E-state index contributed by atoms with van der Waals surface area (Å²) in [5, 5.41) is 0.960. The molecule has 0 amide bonds. The fraction of sp³-hybridized carbons (Fsp3) is 1.00. The lowest BCUT2D eigenvalue weighted by Gasteiger charge is -2.17. The van der Waals surface area contributed by atoms with Crippen molar-refractivity contribution in [2.75, 3.05) is 5.75 Å². The summed E-state index contributed by atoms with van der Waals surface area (Å²) in [5.74, 6) is 1.42. The highest BCUT2D eigenvalue weighted by atomic mass is 32.2. The van der Waals surface area contributed by atoms with Gasteiger partial charge < -0.3 is 0 Å². The number of thioether (sulfide) groups is 1. The molecule has 0 spiro atoms. The maximum absolute atomic E-state index is 2.33. The lowest BCUT2D eigenvalue weighted by molar-refractivity contribution is 0.532. The molecule has 0 aliphatic rings. The highest BCUT2D eigenvalue weighted by Crippen LogP contribution is 2.26. The van der Waals surface area contributed by atoms with Crippen molar-refractivity contribution in [2.24, 2.45) is 0 Å². The fourth-order valence-corrected chi connectivity index (χ4v) is 5.65. The Morgan fingerprint density at radius 3 is 1.07 bits per heavy atom. The van der Waals surface area contributed by atoms with E-state index in [1.165, 1.54) is 153 Å². The molecular weight excluding hydrogens is 368 g/mol. The summed E-state index contributed by atoms with van der Waals surface area (Å²) in [4.78, 5) is 0. The summed E-state index contributed by atoms with van der Waals surface area (Å²) in [6, 6.07) is 0. The second kappa shape index (κ2) is 26.4. The van der Waals surface area contributed by atoms with Crippen molar-refractivity contribution in [1.29, 1.82) is 0 Å². The standard InChI is InChI=1S/C28H58S/c1-4-7-10-13-16-18-20-23-26-28(25-22-19-17-14-11-8-5-2)29-27-24-21-15-12-9-6-3/h28H,4-27H2,1-3H3. The first-order valence-corrected chi connectivity index (χ1v) is 15.0. The molecule has 0 saturated heterocycles. The van der Waals surface area contributed by atoms with Gasteiger partial charge in [0.1, 0.15) is 0 Å². The van der Waals surface area contributed by atoms with Gasteiger partial charge in [0.15, 0.2) is 0 Å². The van der Waals surface area contributed by atoms with E-state index in [2.05, 4.69) is 32.5 Å². The first-order valence-electron chi connectivity index (χ1n) is 14.0. The molecule has 1 heteroatoms. The van der Waals surface area contributed by atoms with Crippen LogP contribution in [0.4, 0.5) is 0 Å². The van der Waals surface area contributed by atoms with E-state index in [1.54, 1.807) is 0 Å². The van der Waals surface area contributed by atoms with Crippen molar-refractivity contribution in [3.05, 3.63) is 0 Å². The van der Waals surface area contributed by atoms with E-state index in [0.717, 1.165) is 5.25 Å². The van der Waals surface area contributed by atoms with Gasteiger partial charge in [0.25, 0.3) is 0 Å². The smallest absolute Gasteiger partial charge is 0.00470 e. The zero-order chi connectivity index (χ0) is 21.3. The monoisotopic (exact) mass is 426 g/mol. The van der Waals surface area contributed by atoms with Gasteiger partial charge in [-0.1, -0.05) is 149 Å². The predicted octanol–water partition coefficient (Wildman–Crippen LogP) is 11.1. The zero-order valence-electron chi connectivity index (χ0n) is 21.0. The first-order chi connectivity index (χ1) is 14.3. The Bertz CT molecular complexity index is 257. The maximum atomic E-state index is 2.33. The first kappa shape index (κ1) is 29.4. The van der Waals surface area contributed by atoms with Gasteiger partial charge in [-0.25, -0.2) is 0 Å². The molecule has 0 N–H and O–H groups in total. The summed E-state index contributed by atoms with van der Waals surface area (Å²) in [7, 11) is 0. The predicted molar refractivity (Wildman–Crippen MR) is 139 cm³/mol. The fourth-order valence-electron chi connectivity index (χ4n) is 4.28. The Morgan fingerprint density at radius 1 is 0.379 bits per heavy atom. The average Bonchev–Trinajstić information content (AvgIpc) is 2.73. The van der Waals surface area contributed by atoms with Crippen LogP contribution in [0.25, 0.3) is 0 Å². The molecule has 1 unspecified atom stereocenters. The van der Waals surface area contributed by atoms with Crippen LogP contribution in [0.1, 0.15) is 168 Å². The van der Waals surface area contributed by atoms with E-state index in [9.17, 15) is 0 Å². The molecule has 0 aliphatic carbocycles. The van der Waals surface area contributed by atoms with E-state index in [0.29, 0.717) is 0 Å². The van der Waals surface area contributed by atoms with Crippen molar-refractivity contribution < 1.29 is 0 Å². The van der Waals surface area contributed by atoms with Crippen LogP contribution in [0.15, 0.2) is 0 Å². The molecule has 0 bridgehead atoms. The van der Waals surface area contributed by atoms with Crippen LogP contribution in [0, 0.1) is 0 Å². The molecule has 0 aromatic carbocycles. The van der Waals surface area contributed by atoms with Gasteiger partial charge in [-0.15, -0.1) is 0 Å². The van der Waals surface area contributed by atoms with Gasteiger partial charge >= 0.3 is 0 Å². The molecular formula is C28H58S. The Hall–Kier alpha value is 0.350. The highest BCUT2D eigenvalue weighted by Gasteiger charge is 2.09. The molecule has 176 valence electrons. The van der Waals surface area contributed by atoms with E-state index in [4.69, 9.17) is 0 Å². The minimum atomic E-state index is 0.960. The van der Waals surface area contributed by atoms with Crippen LogP contribution in [-0.4, -0.2) is 11.0 Å². The molecule has 0 aliphatic heterocycles. The van der Waals surface area contributed by atoms with Gasteiger partial charge in [-0.2, -0.15) is 11.8 Å². The van der Waals surface area contributed by atoms with Crippen molar-refractivity contribution in [3.63, 3.8) is 0 Å². The van der Waals surface area contributed by atoms with Crippen molar-refractivity contribution in [1.82, 2.24) is 0 Å². The molecule has 29 heavy (non-hydrogen) atoms. The molecule has 0 aromatic rings. The summed E-state index contributed by atoms with van der Waals surface area (Å²) < 4.78 is 0. The minimum Gasteiger partial charge on any atom is -0.159 e. The van der Waals surface area contributed by atoms with Crippen LogP contribution >= 0.6 is 11.8 Å². The van der Waals surface area contributed by atoms with Gasteiger partial charge in [0.2, 0.25) is 0 Å². The molecule has 0 nitrogen and oxygen atoms in total. The Labute approximate surface area is 191 Å². The van der Waals surface area contributed by atoms with Crippen LogP contribution in [0.5, 0.6) is 0 Å². The number of hydrogen-bond acceptors (Lipinski definition) is 1. The topological polar surface area (TPSA) is 0 Å². The third-order valence-electron chi connectivity index (χ3n) is 6.36. The van der Waals surface area contributed by atoms with E-state index in [-0.39, 0.29) is 0 Å². The molecule has 1 atom stereocenters. The molecule has 0 saturated carbocycles. The SMILES string of the molecule is CCCCCCCCCCC(CCCCCCCCC)SCCCCCCCC. The highest BCUT2D eigenvalue weighted by molar-refractivity contribution is 7.99. The molecule has 0 aromatic heterocycles. The quantitative estimate of drug-likeness (QED) is 0.131. The number of hydrogen-bond donors (Lipinski definition) is 0. The summed E-state index contributed by atoms with van der Waals surface area (Å²) in [6.45, 7) is 6.94. The van der Waals surface area contributed by atoms with Crippen molar-refractivity contribution in [3.8, 4) is 0 Å². The van der Waals surface area contributed by atoms with Crippen LogP contribution < -0.4 is 0 Å². The van der Waals surface area contributed by atoms with Gasteiger partial charge in [-0.05, 0) is 25.0 Å². The third kappa shape index (κ3) is 24.5. The zero-order valence-corrected chi connectivity index (χ0v) is 21.8. The lowest BCUT2D eigenvalue weighted by atomic mass is 10.0. The minimum absolute atomic E-state index is 0.960. The Kier molecular flexibility index (Phi) is 26.7. The molecule has 0 radical (unpaired) electrons. The summed E-state index contributed by atoms with van der Waals surface area (Å²) in [5.41, 5.74) is 0.